The van der Waals surface area contributed by atoms with Crippen molar-refractivity contribution < 1.29 is 0 Å². The summed E-state index contributed by atoms with van der Waals surface area (Å²) < 4.78 is 1.98. The number of guanidine groups is 1. The second-order valence-corrected chi connectivity index (χ2v) is 6.78. The van der Waals surface area contributed by atoms with E-state index >= 15 is 0 Å². The van der Waals surface area contributed by atoms with Gasteiger partial charge in [-0.1, -0.05) is 30.3 Å². The fourth-order valence-corrected chi connectivity index (χ4v) is 3.36. The maximum absolute atomic E-state index is 4.33. The Kier molecular flexibility index (Phi) is 8.49. The Morgan fingerprint density at radius 2 is 2.00 bits per heavy atom. The predicted molar refractivity (Wildman–Crippen MR) is 119 cm³/mol. The van der Waals surface area contributed by atoms with E-state index in [9.17, 15) is 0 Å². The molecule has 0 aliphatic carbocycles. The van der Waals surface area contributed by atoms with E-state index in [2.05, 4.69) is 61.1 Å². The van der Waals surface area contributed by atoms with Crippen LogP contribution in [0.4, 0.5) is 0 Å². The largest absolute Gasteiger partial charge is 0.355 e. The molecule has 1 unspecified atom stereocenters. The van der Waals surface area contributed by atoms with E-state index in [0.29, 0.717) is 12.6 Å². The van der Waals surface area contributed by atoms with Gasteiger partial charge in [0.05, 0.1) is 6.54 Å². The van der Waals surface area contributed by atoms with Gasteiger partial charge in [0, 0.05) is 33.2 Å². The maximum Gasteiger partial charge on any atom is 0.191 e. The van der Waals surface area contributed by atoms with Crippen molar-refractivity contribution in [3.63, 3.8) is 0 Å². The lowest BCUT2D eigenvalue weighted by Crippen LogP contribution is -2.44. The fraction of sp³-hybridized carbons (Fsp3) is 0.526. The van der Waals surface area contributed by atoms with Crippen LogP contribution in [0, 0.1) is 6.92 Å². The van der Waals surface area contributed by atoms with Crippen molar-refractivity contribution >= 4 is 29.9 Å². The van der Waals surface area contributed by atoms with Gasteiger partial charge in [0.2, 0.25) is 0 Å². The molecule has 0 bridgehead atoms. The molecule has 8 heteroatoms. The average Bonchev–Trinajstić information content (AvgIpc) is 3.23. The van der Waals surface area contributed by atoms with E-state index < -0.39 is 0 Å². The molecular formula is C19H30IN7. The minimum Gasteiger partial charge on any atom is -0.355 e. The van der Waals surface area contributed by atoms with Crippen LogP contribution in [-0.4, -0.2) is 51.8 Å². The summed E-state index contributed by atoms with van der Waals surface area (Å²) in [5.74, 6) is 2.61. The summed E-state index contributed by atoms with van der Waals surface area (Å²) in [5, 5.41) is 15.1. The molecule has 2 heterocycles. The van der Waals surface area contributed by atoms with Gasteiger partial charge in [-0.15, -0.1) is 34.2 Å². The number of rotatable bonds is 6. The number of nitrogens with one attached hydrogen (secondary N) is 2. The number of nitrogens with zero attached hydrogens (tertiary/aromatic N) is 5. The zero-order valence-corrected chi connectivity index (χ0v) is 18.7. The number of likely N-dealkylation sites (tertiary alicyclic amines) is 1. The van der Waals surface area contributed by atoms with Crippen molar-refractivity contribution in [3.8, 4) is 0 Å². The summed E-state index contributed by atoms with van der Waals surface area (Å²) in [7, 11) is 3.77. The van der Waals surface area contributed by atoms with E-state index in [1.807, 2.05) is 18.5 Å². The van der Waals surface area contributed by atoms with Crippen LogP contribution < -0.4 is 10.6 Å². The van der Waals surface area contributed by atoms with E-state index in [1.165, 1.54) is 18.4 Å². The molecule has 1 aromatic heterocycles. The molecule has 0 saturated carbocycles. The Balaban J connectivity index is 0.00000261. The number of aromatic nitrogens is 3. The Morgan fingerprint density at radius 1 is 1.22 bits per heavy atom. The van der Waals surface area contributed by atoms with Crippen LogP contribution in [0.15, 0.2) is 35.3 Å². The van der Waals surface area contributed by atoms with E-state index in [1.54, 1.807) is 7.05 Å². The van der Waals surface area contributed by atoms with E-state index in [0.717, 1.165) is 37.2 Å². The monoisotopic (exact) mass is 483 g/mol. The number of halogens is 1. The molecule has 1 aliphatic rings. The molecule has 2 N–H and O–H groups in total. The van der Waals surface area contributed by atoms with Gasteiger partial charge in [-0.25, -0.2) is 0 Å². The van der Waals surface area contributed by atoms with Gasteiger partial charge in [-0.3, -0.25) is 9.89 Å². The van der Waals surface area contributed by atoms with E-state index in [-0.39, 0.29) is 24.0 Å². The minimum atomic E-state index is 0. The van der Waals surface area contributed by atoms with Crippen LogP contribution >= 0.6 is 24.0 Å². The van der Waals surface area contributed by atoms with Crippen LogP contribution in [0.1, 0.15) is 30.1 Å². The normalized spacial score (nSPS) is 17.6. The molecule has 148 valence electrons. The SMILES string of the molecule is CN=C(NCc1nnc(C)n1C)NCC1CCCN1Cc1ccccc1.I. The van der Waals surface area contributed by atoms with Crippen molar-refractivity contribution in [2.75, 3.05) is 20.1 Å². The lowest BCUT2D eigenvalue weighted by molar-refractivity contribution is 0.245. The highest BCUT2D eigenvalue weighted by Gasteiger charge is 2.24. The molecule has 1 fully saturated rings. The first-order chi connectivity index (χ1) is 12.7. The molecule has 2 aromatic rings. The highest BCUT2D eigenvalue weighted by Crippen LogP contribution is 2.19. The molecule has 1 atom stereocenters. The predicted octanol–water partition coefficient (Wildman–Crippen LogP) is 2.07. The number of aryl methyl sites for hydroxylation is 1. The Bertz CT molecular complexity index is 729. The van der Waals surface area contributed by atoms with Crippen molar-refractivity contribution in [2.24, 2.45) is 12.0 Å². The summed E-state index contributed by atoms with van der Waals surface area (Å²) in [6.45, 7) is 5.62. The number of aliphatic imine (C=N–C) groups is 1. The quantitative estimate of drug-likeness (QED) is 0.374. The third kappa shape index (κ3) is 5.90. The summed E-state index contributed by atoms with van der Waals surface area (Å²) in [4.78, 5) is 6.89. The topological polar surface area (TPSA) is 70.4 Å². The Labute approximate surface area is 178 Å². The summed E-state index contributed by atoms with van der Waals surface area (Å²) in [6, 6.07) is 11.2. The first-order valence-electron chi connectivity index (χ1n) is 9.24. The fourth-order valence-electron chi connectivity index (χ4n) is 3.36. The second-order valence-electron chi connectivity index (χ2n) is 6.78. The van der Waals surface area contributed by atoms with Gasteiger partial charge in [0.1, 0.15) is 5.82 Å². The van der Waals surface area contributed by atoms with Crippen molar-refractivity contribution in [1.29, 1.82) is 0 Å². The Morgan fingerprint density at radius 3 is 2.67 bits per heavy atom. The molecule has 1 aliphatic heterocycles. The standard InChI is InChI=1S/C19H29N7.HI/c1-15-23-24-18(25(15)3)13-22-19(20-2)21-12-17-10-7-11-26(17)14-16-8-5-4-6-9-16;/h4-6,8-9,17H,7,10-14H2,1-3H3,(H2,20,21,22);1H. The van der Waals surface area contributed by atoms with Crippen LogP contribution in [0.3, 0.4) is 0 Å². The summed E-state index contributed by atoms with van der Waals surface area (Å²) >= 11 is 0. The van der Waals surface area contributed by atoms with Gasteiger partial charge in [0.15, 0.2) is 11.8 Å². The number of hydrogen-bond acceptors (Lipinski definition) is 4. The molecule has 1 saturated heterocycles. The summed E-state index contributed by atoms with van der Waals surface area (Å²) in [5.41, 5.74) is 1.37. The molecule has 0 radical (unpaired) electrons. The van der Waals surface area contributed by atoms with Gasteiger partial charge >= 0.3 is 0 Å². The maximum atomic E-state index is 4.33. The van der Waals surface area contributed by atoms with Gasteiger partial charge < -0.3 is 15.2 Å². The number of hydrogen-bond donors (Lipinski definition) is 2. The molecule has 3 rings (SSSR count). The zero-order valence-electron chi connectivity index (χ0n) is 16.4. The molecular weight excluding hydrogens is 453 g/mol. The highest BCUT2D eigenvalue weighted by atomic mass is 127. The van der Waals surface area contributed by atoms with Crippen LogP contribution in [0.25, 0.3) is 0 Å². The zero-order chi connectivity index (χ0) is 18.4. The summed E-state index contributed by atoms with van der Waals surface area (Å²) in [6.07, 6.45) is 2.47. The lowest BCUT2D eigenvalue weighted by atomic mass is 10.2. The smallest absolute Gasteiger partial charge is 0.191 e. The Hall–Kier alpha value is -1.68. The highest BCUT2D eigenvalue weighted by molar-refractivity contribution is 14.0. The first-order valence-corrected chi connectivity index (χ1v) is 9.24. The lowest BCUT2D eigenvalue weighted by Gasteiger charge is -2.25. The third-order valence-corrected chi connectivity index (χ3v) is 5.05. The van der Waals surface area contributed by atoms with Gasteiger partial charge in [-0.05, 0) is 31.9 Å². The second kappa shape index (κ2) is 10.6. The van der Waals surface area contributed by atoms with Crippen molar-refractivity contribution in [2.45, 2.75) is 38.9 Å². The van der Waals surface area contributed by atoms with Crippen molar-refractivity contribution in [3.05, 3.63) is 47.5 Å². The van der Waals surface area contributed by atoms with Crippen molar-refractivity contribution in [1.82, 2.24) is 30.3 Å². The van der Waals surface area contributed by atoms with Gasteiger partial charge in [0.25, 0.3) is 0 Å². The number of benzene rings is 1. The molecule has 7 nitrogen and oxygen atoms in total. The van der Waals surface area contributed by atoms with Crippen LogP contribution in [0.5, 0.6) is 0 Å². The molecule has 1 aromatic carbocycles. The van der Waals surface area contributed by atoms with E-state index in [4.69, 9.17) is 0 Å². The average molecular weight is 483 g/mol. The molecule has 27 heavy (non-hydrogen) atoms. The molecule has 0 spiro atoms. The third-order valence-electron chi connectivity index (χ3n) is 5.05. The van der Waals surface area contributed by atoms with Gasteiger partial charge in [-0.2, -0.15) is 0 Å². The van der Waals surface area contributed by atoms with Crippen LogP contribution in [-0.2, 0) is 20.1 Å². The van der Waals surface area contributed by atoms with Crippen LogP contribution in [0.2, 0.25) is 0 Å². The first kappa shape index (κ1) is 21.6. The minimum absolute atomic E-state index is 0. The molecule has 0 amide bonds.